The lowest BCUT2D eigenvalue weighted by atomic mass is 9.98. The summed E-state index contributed by atoms with van der Waals surface area (Å²) in [6.07, 6.45) is 5.25. The molecule has 1 amide bonds. The van der Waals surface area contributed by atoms with E-state index in [2.05, 4.69) is 27.9 Å². The standard InChI is InChI=1S/C14H20INO4/c1-14(2,3)20-13(19)16-11(12(17)18)8-9-4-6-10(15)7-5-9/h4,6,11H,5,7-8H2,1-3H3,(H,16,19)(H,17,18). The highest BCUT2D eigenvalue weighted by molar-refractivity contribution is 14.1. The van der Waals surface area contributed by atoms with E-state index in [1.165, 1.54) is 3.58 Å². The maximum absolute atomic E-state index is 11.6. The minimum absolute atomic E-state index is 0.301. The Bertz CT molecular complexity index is 449. The summed E-state index contributed by atoms with van der Waals surface area (Å²) in [6, 6.07) is -0.958. The van der Waals surface area contributed by atoms with Crippen LogP contribution in [0.4, 0.5) is 4.79 Å². The van der Waals surface area contributed by atoms with Crippen LogP contribution in [0.15, 0.2) is 21.3 Å². The number of allylic oxidation sites excluding steroid dienone is 3. The summed E-state index contributed by atoms with van der Waals surface area (Å²) < 4.78 is 6.33. The van der Waals surface area contributed by atoms with Crippen molar-refractivity contribution in [2.24, 2.45) is 0 Å². The zero-order chi connectivity index (χ0) is 15.3. The highest BCUT2D eigenvalue weighted by atomic mass is 127. The van der Waals surface area contributed by atoms with Crippen LogP contribution in [0.2, 0.25) is 0 Å². The molecule has 2 N–H and O–H groups in total. The zero-order valence-corrected chi connectivity index (χ0v) is 14.1. The minimum Gasteiger partial charge on any atom is -0.480 e. The fraction of sp³-hybridized carbons (Fsp3) is 0.571. The van der Waals surface area contributed by atoms with E-state index in [9.17, 15) is 14.7 Å². The molecule has 5 nitrogen and oxygen atoms in total. The molecule has 0 aliphatic heterocycles. The Balaban J connectivity index is 2.62. The van der Waals surface area contributed by atoms with Crippen LogP contribution in [-0.2, 0) is 9.53 Å². The lowest BCUT2D eigenvalue weighted by Gasteiger charge is -2.23. The molecule has 0 radical (unpaired) electrons. The van der Waals surface area contributed by atoms with Crippen molar-refractivity contribution in [1.29, 1.82) is 0 Å². The number of ether oxygens (including phenoxy) is 1. The van der Waals surface area contributed by atoms with E-state index in [4.69, 9.17) is 4.74 Å². The highest BCUT2D eigenvalue weighted by Crippen LogP contribution is 2.25. The van der Waals surface area contributed by atoms with Crippen LogP contribution in [-0.4, -0.2) is 28.8 Å². The number of carbonyl (C=O) groups is 2. The number of carboxylic acid groups (broad SMARTS) is 1. The Morgan fingerprint density at radius 1 is 1.40 bits per heavy atom. The molecule has 0 aromatic carbocycles. The van der Waals surface area contributed by atoms with Gasteiger partial charge in [0.15, 0.2) is 0 Å². The van der Waals surface area contributed by atoms with Gasteiger partial charge in [-0.2, -0.15) is 0 Å². The summed E-state index contributed by atoms with van der Waals surface area (Å²) in [7, 11) is 0. The second-order valence-electron chi connectivity index (χ2n) is 5.68. The van der Waals surface area contributed by atoms with Gasteiger partial charge in [0, 0.05) is 0 Å². The molecule has 1 unspecified atom stereocenters. The van der Waals surface area contributed by atoms with Gasteiger partial charge in [-0.3, -0.25) is 0 Å². The summed E-state index contributed by atoms with van der Waals surface area (Å²) in [5.41, 5.74) is 0.379. The van der Waals surface area contributed by atoms with E-state index >= 15 is 0 Å². The molecule has 0 bridgehead atoms. The molecular weight excluding hydrogens is 373 g/mol. The molecule has 1 rings (SSSR count). The van der Waals surface area contributed by atoms with E-state index in [1.807, 2.05) is 12.2 Å². The summed E-state index contributed by atoms with van der Waals surface area (Å²) in [5, 5.41) is 11.6. The van der Waals surface area contributed by atoms with Gasteiger partial charge in [0.1, 0.15) is 11.6 Å². The Kier molecular flexibility index (Phi) is 6.04. The monoisotopic (exact) mass is 393 g/mol. The maximum atomic E-state index is 11.6. The van der Waals surface area contributed by atoms with Crippen LogP contribution in [0.5, 0.6) is 0 Å². The number of aliphatic carboxylic acids is 1. The van der Waals surface area contributed by atoms with Gasteiger partial charge in [-0.25, -0.2) is 9.59 Å². The van der Waals surface area contributed by atoms with Crippen molar-refractivity contribution in [3.63, 3.8) is 0 Å². The SMILES string of the molecule is CC(C)(C)OC(=O)NC(CC1=CC=C(I)CC1)C(=O)O. The smallest absolute Gasteiger partial charge is 0.408 e. The number of carboxylic acids is 1. The van der Waals surface area contributed by atoms with Gasteiger partial charge in [-0.1, -0.05) is 17.7 Å². The Morgan fingerprint density at radius 2 is 2.05 bits per heavy atom. The number of alkyl carbamates (subject to hydrolysis) is 1. The number of halogens is 1. The van der Waals surface area contributed by atoms with Crippen LogP contribution in [0.1, 0.15) is 40.0 Å². The van der Waals surface area contributed by atoms with Crippen LogP contribution in [0, 0.1) is 0 Å². The largest absolute Gasteiger partial charge is 0.480 e. The van der Waals surface area contributed by atoms with Crippen molar-refractivity contribution < 1.29 is 19.4 Å². The van der Waals surface area contributed by atoms with E-state index in [0.29, 0.717) is 6.42 Å². The molecular formula is C14H20INO4. The van der Waals surface area contributed by atoms with Gasteiger partial charge < -0.3 is 15.2 Å². The van der Waals surface area contributed by atoms with Gasteiger partial charge in [-0.05, 0) is 66.2 Å². The van der Waals surface area contributed by atoms with Crippen molar-refractivity contribution >= 4 is 34.7 Å². The number of hydrogen-bond donors (Lipinski definition) is 2. The Hall–Kier alpha value is -1.05. The van der Waals surface area contributed by atoms with Crippen molar-refractivity contribution in [1.82, 2.24) is 5.32 Å². The van der Waals surface area contributed by atoms with E-state index in [1.54, 1.807) is 20.8 Å². The highest BCUT2D eigenvalue weighted by Gasteiger charge is 2.25. The van der Waals surface area contributed by atoms with E-state index in [0.717, 1.165) is 18.4 Å². The van der Waals surface area contributed by atoms with Gasteiger partial charge in [0.2, 0.25) is 0 Å². The van der Waals surface area contributed by atoms with Gasteiger partial charge in [-0.15, -0.1) is 0 Å². The Morgan fingerprint density at radius 3 is 2.50 bits per heavy atom. The van der Waals surface area contributed by atoms with Crippen LogP contribution >= 0.6 is 22.6 Å². The third-order valence-corrected chi connectivity index (χ3v) is 3.54. The van der Waals surface area contributed by atoms with Crippen LogP contribution < -0.4 is 5.32 Å². The normalized spacial score (nSPS) is 16.8. The van der Waals surface area contributed by atoms with E-state index in [-0.39, 0.29) is 0 Å². The second-order valence-corrected chi connectivity index (χ2v) is 7.07. The molecule has 0 saturated heterocycles. The molecule has 20 heavy (non-hydrogen) atoms. The van der Waals surface area contributed by atoms with Crippen molar-refractivity contribution in [2.75, 3.05) is 0 Å². The van der Waals surface area contributed by atoms with E-state index < -0.39 is 23.7 Å². The summed E-state index contributed by atoms with van der Waals surface area (Å²) in [5.74, 6) is -1.05. The van der Waals surface area contributed by atoms with Crippen molar-refractivity contribution in [3.05, 3.63) is 21.3 Å². The predicted octanol–water partition coefficient (Wildman–Crippen LogP) is 3.39. The topological polar surface area (TPSA) is 75.6 Å². The fourth-order valence-electron chi connectivity index (χ4n) is 1.74. The Labute approximate surface area is 132 Å². The molecule has 6 heteroatoms. The number of hydrogen-bond acceptors (Lipinski definition) is 3. The molecule has 112 valence electrons. The molecule has 1 aliphatic carbocycles. The third kappa shape index (κ3) is 6.40. The first-order valence-electron chi connectivity index (χ1n) is 6.44. The first-order valence-corrected chi connectivity index (χ1v) is 7.51. The minimum atomic E-state index is -1.05. The number of rotatable bonds is 4. The molecule has 1 aliphatic rings. The number of amides is 1. The van der Waals surface area contributed by atoms with Crippen LogP contribution in [0.25, 0.3) is 0 Å². The molecule has 0 saturated carbocycles. The maximum Gasteiger partial charge on any atom is 0.408 e. The summed E-state index contributed by atoms with van der Waals surface area (Å²) in [4.78, 5) is 22.9. The molecule has 0 spiro atoms. The lowest BCUT2D eigenvalue weighted by Crippen LogP contribution is -2.43. The second kappa shape index (κ2) is 7.10. The number of carbonyl (C=O) groups excluding carboxylic acids is 1. The first kappa shape index (κ1) is 17.0. The van der Waals surface area contributed by atoms with Gasteiger partial charge in [0.05, 0.1) is 0 Å². The molecule has 1 atom stereocenters. The van der Waals surface area contributed by atoms with Gasteiger partial charge >= 0.3 is 12.1 Å². The average Bonchev–Trinajstić information content (AvgIpc) is 2.28. The molecule has 0 fully saturated rings. The molecule has 0 heterocycles. The summed E-state index contributed by atoms with van der Waals surface area (Å²) in [6.45, 7) is 5.20. The summed E-state index contributed by atoms with van der Waals surface area (Å²) >= 11 is 2.26. The van der Waals surface area contributed by atoms with Crippen molar-refractivity contribution in [2.45, 2.75) is 51.7 Å². The first-order chi connectivity index (χ1) is 9.17. The van der Waals surface area contributed by atoms with Crippen LogP contribution in [0.3, 0.4) is 0 Å². The fourth-order valence-corrected chi connectivity index (χ4v) is 2.19. The quantitative estimate of drug-likeness (QED) is 0.718. The zero-order valence-electron chi connectivity index (χ0n) is 11.9. The average molecular weight is 393 g/mol. The van der Waals surface area contributed by atoms with Gasteiger partial charge in [0.25, 0.3) is 0 Å². The third-order valence-electron chi connectivity index (χ3n) is 2.64. The molecule has 0 aromatic heterocycles. The lowest BCUT2D eigenvalue weighted by molar-refractivity contribution is -0.139. The number of nitrogens with one attached hydrogen (secondary N) is 1. The molecule has 0 aromatic rings. The van der Waals surface area contributed by atoms with Crippen molar-refractivity contribution in [3.8, 4) is 0 Å². The predicted molar refractivity (Wildman–Crippen MR) is 84.8 cm³/mol.